The van der Waals surface area contributed by atoms with E-state index >= 15 is 0 Å². The van der Waals surface area contributed by atoms with E-state index in [1.165, 1.54) is 0 Å². The molecule has 2 atom stereocenters. The van der Waals surface area contributed by atoms with Crippen LogP contribution in [0, 0.1) is 0 Å². The fourth-order valence-corrected chi connectivity index (χ4v) is 3.79. The molecule has 0 aliphatic rings. The highest BCUT2D eigenvalue weighted by Crippen LogP contribution is 2.19. The van der Waals surface area contributed by atoms with Gasteiger partial charge in [-0.1, -0.05) is 91.0 Å². The van der Waals surface area contributed by atoms with E-state index in [1.54, 1.807) is 6.92 Å². The van der Waals surface area contributed by atoms with Crippen LogP contribution in [-0.2, 0) is 34.0 Å². The summed E-state index contributed by atoms with van der Waals surface area (Å²) in [5, 5.41) is 11.1. The number of hydrogen-bond acceptors (Lipinski definition) is 5. The molecule has 33 heavy (non-hydrogen) atoms. The Kier molecular flexibility index (Phi) is 10.1. The molecule has 0 fully saturated rings. The van der Waals surface area contributed by atoms with E-state index < -0.39 is 18.1 Å². The molecule has 3 aromatic rings. The minimum Gasteiger partial charge on any atom is -0.465 e. The first-order valence-electron chi connectivity index (χ1n) is 11.5. The third-order valence-corrected chi connectivity index (χ3v) is 5.41. The van der Waals surface area contributed by atoms with Crippen LogP contribution in [0.25, 0.3) is 0 Å². The van der Waals surface area contributed by atoms with Crippen molar-refractivity contribution < 1.29 is 19.4 Å². The molecule has 0 aliphatic carbocycles. The fraction of sp³-hybridized carbons (Fsp3) is 0.321. The molecule has 0 amide bonds. The molecular formula is C28H33NO4. The molecule has 0 bridgehead atoms. The monoisotopic (exact) mass is 447 g/mol. The number of esters is 1. The second kappa shape index (κ2) is 13.5. The summed E-state index contributed by atoms with van der Waals surface area (Å²) in [6, 6.07) is 29.0. The average Bonchev–Trinajstić information content (AvgIpc) is 2.84. The lowest BCUT2D eigenvalue weighted by Gasteiger charge is -2.33. The molecule has 0 aliphatic heterocycles. The first-order chi connectivity index (χ1) is 16.2. The highest BCUT2D eigenvalue weighted by atomic mass is 16.5. The Morgan fingerprint density at radius 2 is 1.30 bits per heavy atom. The molecule has 0 radical (unpaired) electrons. The summed E-state index contributed by atoms with van der Waals surface area (Å²) in [7, 11) is 0. The van der Waals surface area contributed by atoms with Gasteiger partial charge in [0.1, 0.15) is 6.04 Å². The second-order valence-electron chi connectivity index (χ2n) is 7.97. The van der Waals surface area contributed by atoms with E-state index in [-0.39, 0.29) is 6.61 Å². The molecule has 0 heterocycles. The zero-order valence-electron chi connectivity index (χ0n) is 19.2. The summed E-state index contributed by atoms with van der Waals surface area (Å²) in [5.74, 6) is -0.417. The van der Waals surface area contributed by atoms with Gasteiger partial charge >= 0.3 is 5.97 Å². The van der Waals surface area contributed by atoms with Gasteiger partial charge in [-0.15, -0.1) is 0 Å². The van der Waals surface area contributed by atoms with E-state index in [0.29, 0.717) is 32.7 Å². The number of aliphatic hydroxyl groups is 1. The summed E-state index contributed by atoms with van der Waals surface area (Å²) >= 11 is 0. The lowest BCUT2D eigenvalue weighted by Crippen LogP contribution is -2.49. The van der Waals surface area contributed by atoms with Crippen LogP contribution in [0.3, 0.4) is 0 Å². The standard InChI is InChI=1S/C28H33NO4/c1-2-33-28(31)27(26(30)18-19-32-22-25-16-10-5-11-17-25)29(20-23-12-6-3-7-13-23)21-24-14-8-4-9-15-24/h3-17,26-27,30H,2,18-22H2,1H3/t26-,27-/m0/s1. The smallest absolute Gasteiger partial charge is 0.326 e. The molecule has 174 valence electrons. The van der Waals surface area contributed by atoms with Crippen molar-refractivity contribution in [3.63, 3.8) is 0 Å². The molecule has 1 N–H and O–H groups in total. The van der Waals surface area contributed by atoms with Crippen molar-refractivity contribution in [2.75, 3.05) is 13.2 Å². The largest absolute Gasteiger partial charge is 0.465 e. The zero-order chi connectivity index (χ0) is 23.3. The number of hydrogen-bond donors (Lipinski definition) is 1. The zero-order valence-corrected chi connectivity index (χ0v) is 19.2. The summed E-state index contributed by atoms with van der Waals surface area (Å²) in [5.41, 5.74) is 3.20. The van der Waals surface area contributed by atoms with Crippen molar-refractivity contribution in [3.8, 4) is 0 Å². The maximum absolute atomic E-state index is 13.0. The first-order valence-corrected chi connectivity index (χ1v) is 11.5. The summed E-state index contributed by atoms with van der Waals surface area (Å²) in [6.45, 7) is 3.88. The van der Waals surface area contributed by atoms with Gasteiger partial charge in [0.05, 0.1) is 19.3 Å². The predicted molar refractivity (Wildman–Crippen MR) is 129 cm³/mol. The predicted octanol–water partition coefficient (Wildman–Crippen LogP) is 4.59. The van der Waals surface area contributed by atoms with Crippen molar-refractivity contribution >= 4 is 5.97 Å². The molecule has 3 rings (SSSR count). The number of carbonyl (C=O) groups is 1. The van der Waals surface area contributed by atoms with Crippen molar-refractivity contribution in [3.05, 3.63) is 108 Å². The third-order valence-electron chi connectivity index (χ3n) is 5.41. The van der Waals surface area contributed by atoms with Crippen molar-refractivity contribution in [2.45, 2.75) is 45.2 Å². The van der Waals surface area contributed by atoms with Crippen LogP contribution in [0.1, 0.15) is 30.0 Å². The second-order valence-corrected chi connectivity index (χ2v) is 7.97. The van der Waals surface area contributed by atoms with Crippen LogP contribution >= 0.6 is 0 Å². The van der Waals surface area contributed by atoms with Crippen LogP contribution < -0.4 is 0 Å². The number of aliphatic hydroxyl groups excluding tert-OH is 1. The minimum atomic E-state index is -0.924. The first kappa shape index (κ1) is 24.6. The van der Waals surface area contributed by atoms with E-state index in [1.807, 2.05) is 95.9 Å². The highest BCUT2D eigenvalue weighted by molar-refractivity contribution is 5.76. The van der Waals surface area contributed by atoms with Gasteiger partial charge in [0.25, 0.3) is 0 Å². The van der Waals surface area contributed by atoms with Crippen LogP contribution in [0.5, 0.6) is 0 Å². The summed E-state index contributed by atoms with van der Waals surface area (Å²) in [4.78, 5) is 15.0. The Bertz CT molecular complexity index is 892. The quantitative estimate of drug-likeness (QED) is 0.307. The van der Waals surface area contributed by atoms with E-state index in [9.17, 15) is 9.90 Å². The Balaban J connectivity index is 1.73. The van der Waals surface area contributed by atoms with Gasteiger partial charge in [0.2, 0.25) is 0 Å². The van der Waals surface area contributed by atoms with E-state index in [0.717, 1.165) is 16.7 Å². The van der Waals surface area contributed by atoms with Crippen LogP contribution in [0.4, 0.5) is 0 Å². The van der Waals surface area contributed by atoms with Crippen LogP contribution in [0.2, 0.25) is 0 Å². The molecule has 3 aromatic carbocycles. The minimum absolute atomic E-state index is 0.261. The number of ether oxygens (including phenoxy) is 2. The Morgan fingerprint density at radius 1 is 0.818 bits per heavy atom. The lowest BCUT2D eigenvalue weighted by molar-refractivity contribution is -0.155. The maximum atomic E-state index is 13.0. The SMILES string of the molecule is CCOC(=O)[C@H]([C@@H](O)CCOCc1ccccc1)N(Cc1ccccc1)Cc1ccccc1. The molecule has 5 heteroatoms. The lowest BCUT2D eigenvalue weighted by atomic mass is 10.0. The van der Waals surface area contributed by atoms with Crippen LogP contribution in [0.15, 0.2) is 91.0 Å². The number of nitrogens with zero attached hydrogens (tertiary/aromatic N) is 1. The molecule has 0 saturated heterocycles. The summed E-state index contributed by atoms with van der Waals surface area (Å²) in [6.07, 6.45) is -0.594. The van der Waals surface area contributed by atoms with Gasteiger partial charge in [-0.25, -0.2) is 0 Å². The number of benzene rings is 3. The number of carbonyl (C=O) groups excluding carboxylic acids is 1. The molecule has 0 saturated carbocycles. The van der Waals surface area contributed by atoms with Crippen molar-refractivity contribution in [1.82, 2.24) is 4.90 Å². The Hall–Kier alpha value is -2.99. The molecule has 0 unspecified atom stereocenters. The van der Waals surface area contributed by atoms with Gasteiger partial charge < -0.3 is 14.6 Å². The van der Waals surface area contributed by atoms with Crippen LogP contribution in [-0.4, -0.2) is 41.3 Å². The van der Waals surface area contributed by atoms with Crippen molar-refractivity contribution in [2.24, 2.45) is 0 Å². The van der Waals surface area contributed by atoms with E-state index in [2.05, 4.69) is 0 Å². The normalized spacial score (nSPS) is 12.9. The maximum Gasteiger partial charge on any atom is 0.326 e. The van der Waals surface area contributed by atoms with Gasteiger partial charge in [-0.05, 0) is 30.0 Å². The topological polar surface area (TPSA) is 59.0 Å². The van der Waals surface area contributed by atoms with Crippen molar-refractivity contribution in [1.29, 1.82) is 0 Å². The van der Waals surface area contributed by atoms with Gasteiger partial charge in [0, 0.05) is 19.7 Å². The summed E-state index contributed by atoms with van der Waals surface area (Å²) < 4.78 is 11.1. The Morgan fingerprint density at radius 3 is 1.79 bits per heavy atom. The fourth-order valence-electron chi connectivity index (χ4n) is 3.79. The highest BCUT2D eigenvalue weighted by Gasteiger charge is 2.34. The molecule has 5 nitrogen and oxygen atoms in total. The number of rotatable bonds is 13. The third kappa shape index (κ3) is 8.13. The molecule has 0 aromatic heterocycles. The van der Waals surface area contributed by atoms with E-state index in [4.69, 9.17) is 9.47 Å². The average molecular weight is 448 g/mol. The Labute approximate surface area is 196 Å². The van der Waals surface area contributed by atoms with Gasteiger partial charge in [-0.3, -0.25) is 9.69 Å². The molecular weight excluding hydrogens is 414 g/mol. The van der Waals surface area contributed by atoms with Gasteiger partial charge in [0.15, 0.2) is 0 Å². The molecule has 0 spiro atoms. The van der Waals surface area contributed by atoms with Gasteiger partial charge in [-0.2, -0.15) is 0 Å².